The Labute approximate surface area is 148 Å². The summed E-state index contributed by atoms with van der Waals surface area (Å²) in [6.07, 6.45) is 0.422. The zero-order chi connectivity index (χ0) is 18.6. The van der Waals surface area contributed by atoms with E-state index in [-0.39, 0.29) is 17.6 Å². The van der Waals surface area contributed by atoms with E-state index in [1.54, 1.807) is 11.0 Å². The number of nitrogens with zero attached hydrogens (tertiary/aromatic N) is 2. The van der Waals surface area contributed by atoms with Crippen LogP contribution >= 0.6 is 0 Å². The molecule has 1 aliphatic rings. The van der Waals surface area contributed by atoms with Gasteiger partial charge in [0.2, 0.25) is 0 Å². The van der Waals surface area contributed by atoms with Crippen LogP contribution in [-0.2, 0) is 11.3 Å². The van der Waals surface area contributed by atoms with Gasteiger partial charge in [-0.25, -0.2) is 4.79 Å². The first kappa shape index (κ1) is 19.1. The molecule has 1 N–H and O–H groups in total. The molecular formula is C18H26N2O5. The third kappa shape index (κ3) is 5.09. The summed E-state index contributed by atoms with van der Waals surface area (Å²) in [7, 11) is 1.45. The van der Waals surface area contributed by atoms with Crippen LogP contribution in [0.25, 0.3) is 0 Å². The minimum Gasteiger partial charge on any atom is -0.504 e. The van der Waals surface area contributed by atoms with Crippen LogP contribution < -0.4 is 4.74 Å². The number of hydrogen-bond donors (Lipinski definition) is 1. The van der Waals surface area contributed by atoms with Gasteiger partial charge in [-0.3, -0.25) is 9.69 Å². The second-order valence-electron chi connectivity index (χ2n) is 7.09. The zero-order valence-corrected chi connectivity index (χ0v) is 15.2. The number of aromatic hydroxyl groups is 1. The molecule has 1 heterocycles. The molecule has 0 aliphatic carbocycles. The molecule has 7 heteroatoms. The fraction of sp³-hybridized carbons (Fsp3) is 0.556. The van der Waals surface area contributed by atoms with Crippen LogP contribution in [0, 0.1) is 0 Å². The van der Waals surface area contributed by atoms with Crippen LogP contribution in [-0.4, -0.2) is 66.2 Å². The monoisotopic (exact) mass is 350 g/mol. The predicted molar refractivity (Wildman–Crippen MR) is 93.1 cm³/mol. The second kappa shape index (κ2) is 7.74. The summed E-state index contributed by atoms with van der Waals surface area (Å²) >= 11 is 0. The highest BCUT2D eigenvalue weighted by Crippen LogP contribution is 2.32. The van der Waals surface area contributed by atoms with Crippen molar-refractivity contribution in [1.29, 1.82) is 0 Å². The molecule has 7 nitrogen and oxygen atoms in total. The maximum absolute atomic E-state index is 12.1. The Hall–Kier alpha value is -2.28. The third-order valence-electron chi connectivity index (χ3n) is 3.95. The van der Waals surface area contributed by atoms with E-state index < -0.39 is 5.60 Å². The summed E-state index contributed by atoms with van der Waals surface area (Å²) in [6.45, 7) is 8.44. The van der Waals surface area contributed by atoms with Crippen LogP contribution in [0.5, 0.6) is 11.5 Å². The van der Waals surface area contributed by atoms with Crippen LogP contribution in [0.2, 0.25) is 0 Å². The van der Waals surface area contributed by atoms with Gasteiger partial charge in [-0.1, -0.05) is 0 Å². The van der Waals surface area contributed by atoms with E-state index in [2.05, 4.69) is 4.90 Å². The van der Waals surface area contributed by atoms with Gasteiger partial charge >= 0.3 is 6.09 Å². The molecule has 0 bridgehead atoms. The maximum Gasteiger partial charge on any atom is 0.410 e. The summed E-state index contributed by atoms with van der Waals surface area (Å²) in [5, 5.41) is 10.3. The summed E-state index contributed by atoms with van der Waals surface area (Å²) < 4.78 is 10.5. The molecule has 138 valence electrons. The van der Waals surface area contributed by atoms with Gasteiger partial charge in [0, 0.05) is 43.9 Å². The Kier molecular flexibility index (Phi) is 5.89. The van der Waals surface area contributed by atoms with Gasteiger partial charge in [0.1, 0.15) is 11.9 Å². The maximum atomic E-state index is 12.1. The average Bonchev–Trinajstić information content (AvgIpc) is 2.55. The number of benzene rings is 1. The molecule has 2 rings (SSSR count). The van der Waals surface area contributed by atoms with Crippen LogP contribution in [0.4, 0.5) is 4.79 Å². The van der Waals surface area contributed by atoms with E-state index in [9.17, 15) is 14.7 Å². The molecule has 0 spiro atoms. The molecular weight excluding hydrogens is 324 g/mol. The van der Waals surface area contributed by atoms with E-state index in [0.717, 1.165) is 6.29 Å². The lowest BCUT2D eigenvalue weighted by Crippen LogP contribution is -2.49. The number of ether oxygens (including phenoxy) is 2. The Morgan fingerprint density at radius 2 is 1.88 bits per heavy atom. The Balaban J connectivity index is 1.98. The van der Waals surface area contributed by atoms with Crippen molar-refractivity contribution in [2.24, 2.45) is 0 Å². The molecule has 0 saturated carbocycles. The largest absolute Gasteiger partial charge is 0.504 e. The number of phenolic OH excluding ortho intramolecular Hbond substituents is 1. The van der Waals surface area contributed by atoms with Crippen molar-refractivity contribution in [2.75, 3.05) is 33.3 Å². The fourth-order valence-corrected chi connectivity index (χ4v) is 2.69. The summed E-state index contributed by atoms with van der Waals surface area (Å²) in [6, 6.07) is 3.16. The van der Waals surface area contributed by atoms with Crippen molar-refractivity contribution in [3.05, 3.63) is 23.3 Å². The summed E-state index contributed by atoms with van der Waals surface area (Å²) in [5.74, 6) is 0.328. The van der Waals surface area contributed by atoms with E-state index >= 15 is 0 Å². The molecule has 1 fully saturated rings. The quantitative estimate of drug-likeness (QED) is 0.839. The number of methoxy groups -OCH3 is 1. The van der Waals surface area contributed by atoms with E-state index in [1.807, 2.05) is 20.8 Å². The standard InChI is InChI=1S/C18H26N2O5/c1-18(2,3)25-17(23)20-7-5-19(6-8-20)11-14-9-13(12-21)10-15(24-4)16(14)22/h9-10,12,22H,5-8,11H2,1-4H3. The molecule has 1 aliphatic heterocycles. The first-order chi connectivity index (χ1) is 11.7. The first-order valence-electron chi connectivity index (χ1n) is 8.29. The highest BCUT2D eigenvalue weighted by atomic mass is 16.6. The van der Waals surface area contributed by atoms with Crippen molar-refractivity contribution in [2.45, 2.75) is 32.9 Å². The van der Waals surface area contributed by atoms with Crippen LogP contribution in [0.15, 0.2) is 12.1 Å². The van der Waals surface area contributed by atoms with Gasteiger partial charge in [-0.05, 0) is 32.9 Å². The molecule has 1 amide bonds. The number of piperazine rings is 1. The fourth-order valence-electron chi connectivity index (χ4n) is 2.69. The SMILES string of the molecule is COc1cc(C=O)cc(CN2CCN(C(=O)OC(C)(C)C)CC2)c1O. The van der Waals surface area contributed by atoms with Crippen molar-refractivity contribution in [3.8, 4) is 11.5 Å². The van der Waals surface area contributed by atoms with Crippen molar-refractivity contribution < 1.29 is 24.2 Å². The highest BCUT2D eigenvalue weighted by Gasteiger charge is 2.26. The second-order valence-corrected chi connectivity index (χ2v) is 7.09. The highest BCUT2D eigenvalue weighted by molar-refractivity contribution is 5.77. The van der Waals surface area contributed by atoms with E-state index in [4.69, 9.17) is 9.47 Å². The number of aldehydes is 1. The minimum atomic E-state index is -0.508. The average molecular weight is 350 g/mol. The number of hydrogen-bond acceptors (Lipinski definition) is 6. The number of phenols is 1. The summed E-state index contributed by atoms with van der Waals surface area (Å²) in [4.78, 5) is 26.9. The van der Waals surface area contributed by atoms with Crippen molar-refractivity contribution >= 4 is 12.4 Å². The molecule has 0 atom stereocenters. The molecule has 1 saturated heterocycles. The van der Waals surface area contributed by atoms with Gasteiger partial charge in [-0.2, -0.15) is 0 Å². The number of rotatable bonds is 4. The number of amides is 1. The Morgan fingerprint density at radius 3 is 2.40 bits per heavy atom. The molecule has 0 radical (unpaired) electrons. The smallest absolute Gasteiger partial charge is 0.410 e. The Morgan fingerprint density at radius 1 is 1.24 bits per heavy atom. The Bertz CT molecular complexity index is 631. The molecule has 1 aromatic carbocycles. The molecule has 0 aromatic heterocycles. The van der Waals surface area contributed by atoms with Gasteiger partial charge in [0.15, 0.2) is 11.5 Å². The molecule has 1 aromatic rings. The lowest BCUT2D eigenvalue weighted by Gasteiger charge is -2.35. The first-order valence-corrected chi connectivity index (χ1v) is 8.29. The topological polar surface area (TPSA) is 79.3 Å². The number of carbonyl (C=O) groups is 2. The molecule has 25 heavy (non-hydrogen) atoms. The third-order valence-corrected chi connectivity index (χ3v) is 3.95. The van der Waals surface area contributed by atoms with Crippen molar-refractivity contribution in [3.63, 3.8) is 0 Å². The van der Waals surface area contributed by atoms with Gasteiger partial charge in [0.25, 0.3) is 0 Å². The lowest BCUT2D eigenvalue weighted by atomic mass is 10.1. The minimum absolute atomic E-state index is 0.0441. The van der Waals surface area contributed by atoms with Gasteiger partial charge in [0.05, 0.1) is 7.11 Å². The van der Waals surface area contributed by atoms with E-state index in [1.165, 1.54) is 13.2 Å². The van der Waals surface area contributed by atoms with Crippen LogP contribution in [0.3, 0.4) is 0 Å². The van der Waals surface area contributed by atoms with Crippen LogP contribution in [0.1, 0.15) is 36.7 Å². The van der Waals surface area contributed by atoms with Gasteiger partial charge in [-0.15, -0.1) is 0 Å². The zero-order valence-electron chi connectivity index (χ0n) is 15.2. The number of carbonyl (C=O) groups excluding carboxylic acids is 2. The molecule has 0 unspecified atom stereocenters. The van der Waals surface area contributed by atoms with Crippen molar-refractivity contribution in [1.82, 2.24) is 9.80 Å². The van der Waals surface area contributed by atoms with Gasteiger partial charge < -0.3 is 19.5 Å². The van der Waals surface area contributed by atoms with E-state index in [0.29, 0.717) is 43.9 Å². The summed E-state index contributed by atoms with van der Waals surface area (Å²) in [5.41, 5.74) is 0.579. The lowest BCUT2D eigenvalue weighted by molar-refractivity contribution is 0.0138. The normalized spacial score (nSPS) is 15.8. The predicted octanol–water partition coefficient (Wildman–Crippen LogP) is 2.27.